The van der Waals surface area contributed by atoms with Gasteiger partial charge in [-0.2, -0.15) is 0 Å². The van der Waals surface area contributed by atoms with Crippen LogP contribution in [0, 0.1) is 0 Å². The second-order valence-electron chi connectivity index (χ2n) is 3.37. The van der Waals surface area contributed by atoms with Gasteiger partial charge in [-0.15, -0.1) is 10.2 Å². The second kappa shape index (κ2) is 2.65. The molecule has 0 saturated carbocycles. The lowest BCUT2D eigenvalue weighted by Gasteiger charge is -2.36. The maximum absolute atomic E-state index is 9.19. The van der Waals surface area contributed by atoms with Crippen LogP contribution in [0.3, 0.4) is 0 Å². The third-order valence-corrected chi connectivity index (χ3v) is 2.36. The van der Waals surface area contributed by atoms with E-state index < -0.39 is 0 Å². The first-order chi connectivity index (χ1) is 6.84. The van der Waals surface area contributed by atoms with Gasteiger partial charge in [-0.25, -0.2) is 4.98 Å². The van der Waals surface area contributed by atoms with Crippen molar-refractivity contribution in [2.24, 2.45) is 0 Å². The molecule has 2 aromatic heterocycles. The predicted octanol–water partition coefficient (Wildman–Crippen LogP) is -0.695. The summed E-state index contributed by atoms with van der Waals surface area (Å²) >= 11 is 0. The van der Waals surface area contributed by atoms with Crippen molar-refractivity contribution in [3.05, 3.63) is 18.7 Å². The van der Waals surface area contributed by atoms with Crippen LogP contribution in [0.5, 0.6) is 0 Å². The van der Waals surface area contributed by atoms with Crippen molar-refractivity contribution >= 4 is 11.5 Å². The van der Waals surface area contributed by atoms with Gasteiger partial charge in [0.25, 0.3) is 0 Å². The number of fused-ring (bicyclic) bond motifs is 1. The molecule has 0 radical (unpaired) electrons. The molecule has 0 aromatic carbocycles. The molecular formula is C8H9N5O. The predicted molar refractivity (Wildman–Crippen MR) is 49.0 cm³/mol. The fraction of sp³-hybridized carbons (Fsp3) is 0.375. The van der Waals surface area contributed by atoms with Crippen LogP contribution in [0.15, 0.2) is 18.7 Å². The molecule has 0 spiro atoms. The second-order valence-corrected chi connectivity index (χ2v) is 3.37. The van der Waals surface area contributed by atoms with Crippen molar-refractivity contribution in [1.29, 1.82) is 0 Å². The van der Waals surface area contributed by atoms with E-state index in [0.29, 0.717) is 13.1 Å². The van der Waals surface area contributed by atoms with Gasteiger partial charge < -0.3 is 10.0 Å². The minimum Gasteiger partial charge on any atom is -0.389 e. The highest BCUT2D eigenvalue weighted by atomic mass is 16.3. The molecule has 0 unspecified atom stereocenters. The topological polar surface area (TPSA) is 66.5 Å². The van der Waals surface area contributed by atoms with Gasteiger partial charge in [-0.05, 0) is 0 Å². The Balaban J connectivity index is 2.07. The van der Waals surface area contributed by atoms with E-state index in [1.165, 1.54) is 0 Å². The van der Waals surface area contributed by atoms with E-state index >= 15 is 0 Å². The van der Waals surface area contributed by atoms with Gasteiger partial charge in [0.1, 0.15) is 6.33 Å². The van der Waals surface area contributed by atoms with Gasteiger partial charge >= 0.3 is 0 Å². The zero-order chi connectivity index (χ0) is 9.54. The molecule has 6 heteroatoms. The average molecular weight is 191 g/mol. The number of aliphatic hydroxyl groups is 1. The molecule has 1 aliphatic rings. The Hall–Kier alpha value is -1.69. The first-order valence-electron chi connectivity index (χ1n) is 4.42. The molecule has 0 amide bonds. The van der Waals surface area contributed by atoms with E-state index in [9.17, 15) is 5.11 Å². The SMILES string of the molecule is OC1CN(c2nccn3cnnc23)C1. The van der Waals surface area contributed by atoms with E-state index in [0.717, 1.165) is 11.5 Å². The fourth-order valence-electron chi connectivity index (χ4n) is 1.60. The Morgan fingerprint density at radius 3 is 3.07 bits per heavy atom. The van der Waals surface area contributed by atoms with E-state index in [-0.39, 0.29) is 6.10 Å². The number of hydrogen-bond donors (Lipinski definition) is 1. The van der Waals surface area contributed by atoms with Crippen LogP contribution in [-0.4, -0.2) is 43.9 Å². The van der Waals surface area contributed by atoms with Crippen molar-refractivity contribution in [2.45, 2.75) is 6.10 Å². The van der Waals surface area contributed by atoms with Gasteiger partial charge in [0, 0.05) is 25.5 Å². The van der Waals surface area contributed by atoms with Gasteiger partial charge in [0.15, 0.2) is 5.82 Å². The molecule has 1 fully saturated rings. The van der Waals surface area contributed by atoms with Crippen LogP contribution < -0.4 is 4.90 Å². The molecule has 72 valence electrons. The monoisotopic (exact) mass is 191 g/mol. The highest BCUT2D eigenvalue weighted by Gasteiger charge is 2.27. The molecule has 3 heterocycles. The molecule has 6 nitrogen and oxygen atoms in total. The van der Waals surface area contributed by atoms with Crippen LogP contribution in [0.25, 0.3) is 5.65 Å². The van der Waals surface area contributed by atoms with E-state index in [4.69, 9.17) is 0 Å². The highest BCUT2D eigenvalue weighted by molar-refractivity contribution is 5.64. The Labute approximate surface area is 79.8 Å². The highest BCUT2D eigenvalue weighted by Crippen LogP contribution is 2.21. The fourth-order valence-corrected chi connectivity index (χ4v) is 1.60. The number of aromatic nitrogens is 4. The zero-order valence-electron chi connectivity index (χ0n) is 7.41. The lowest BCUT2D eigenvalue weighted by atomic mass is 10.2. The Bertz CT molecular complexity index is 461. The summed E-state index contributed by atoms with van der Waals surface area (Å²) in [7, 11) is 0. The van der Waals surface area contributed by atoms with Crippen molar-refractivity contribution in [3.63, 3.8) is 0 Å². The minimum atomic E-state index is -0.236. The van der Waals surface area contributed by atoms with E-state index in [2.05, 4.69) is 15.2 Å². The molecule has 2 aromatic rings. The van der Waals surface area contributed by atoms with Crippen molar-refractivity contribution < 1.29 is 5.11 Å². The number of rotatable bonds is 1. The summed E-state index contributed by atoms with van der Waals surface area (Å²) in [5.74, 6) is 0.787. The number of anilines is 1. The van der Waals surface area contributed by atoms with Crippen molar-refractivity contribution in [1.82, 2.24) is 19.6 Å². The standard InChI is InChI=1S/C8H9N5O/c14-6-3-13(4-6)7-8-11-10-5-12(8)2-1-9-7/h1-2,5-6,14H,3-4H2. The summed E-state index contributed by atoms with van der Waals surface area (Å²) < 4.78 is 1.81. The lowest BCUT2D eigenvalue weighted by molar-refractivity contribution is 0.141. The van der Waals surface area contributed by atoms with Crippen molar-refractivity contribution in [2.75, 3.05) is 18.0 Å². The molecule has 1 aliphatic heterocycles. The average Bonchev–Trinajstić information content (AvgIpc) is 2.60. The smallest absolute Gasteiger partial charge is 0.203 e. The molecule has 0 atom stereocenters. The number of β-amino-alcohol motifs (C(OH)–C–C–N with tert-alkyl or cyclic N) is 1. The maximum Gasteiger partial charge on any atom is 0.203 e. The third kappa shape index (κ3) is 0.973. The first-order valence-corrected chi connectivity index (χ1v) is 4.42. The zero-order valence-corrected chi connectivity index (χ0v) is 7.41. The molecule has 3 rings (SSSR count). The number of hydrogen-bond acceptors (Lipinski definition) is 5. The summed E-state index contributed by atoms with van der Waals surface area (Å²) in [4.78, 5) is 6.21. The maximum atomic E-state index is 9.19. The van der Waals surface area contributed by atoms with Gasteiger partial charge in [-0.1, -0.05) is 0 Å². The summed E-state index contributed by atoms with van der Waals surface area (Å²) in [5, 5.41) is 17.0. The lowest BCUT2D eigenvalue weighted by Crippen LogP contribution is -2.51. The molecule has 1 saturated heterocycles. The van der Waals surface area contributed by atoms with Gasteiger partial charge in [-0.3, -0.25) is 4.40 Å². The Morgan fingerprint density at radius 1 is 1.43 bits per heavy atom. The summed E-state index contributed by atoms with van der Waals surface area (Å²) in [6, 6.07) is 0. The van der Waals surface area contributed by atoms with Gasteiger partial charge in [0.2, 0.25) is 5.65 Å². The van der Waals surface area contributed by atoms with Crippen LogP contribution in [0.4, 0.5) is 5.82 Å². The van der Waals surface area contributed by atoms with Crippen LogP contribution >= 0.6 is 0 Å². The molecular weight excluding hydrogens is 182 g/mol. The molecule has 0 aliphatic carbocycles. The quantitative estimate of drug-likeness (QED) is 0.646. The Morgan fingerprint density at radius 2 is 2.29 bits per heavy atom. The number of nitrogens with zero attached hydrogens (tertiary/aromatic N) is 5. The van der Waals surface area contributed by atoms with E-state index in [1.54, 1.807) is 18.7 Å². The third-order valence-electron chi connectivity index (χ3n) is 2.36. The van der Waals surface area contributed by atoms with E-state index in [1.807, 2.05) is 9.30 Å². The first kappa shape index (κ1) is 7.69. The molecule has 14 heavy (non-hydrogen) atoms. The Kier molecular flexibility index (Phi) is 1.45. The minimum absolute atomic E-state index is 0.236. The van der Waals surface area contributed by atoms with Gasteiger partial charge in [0.05, 0.1) is 6.10 Å². The summed E-state index contributed by atoms with van der Waals surface area (Å²) in [6.45, 7) is 1.25. The van der Waals surface area contributed by atoms with Crippen LogP contribution in [0.1, 0.15) is 0 Å². The summed E-state index contributed by atoms with van der Waals surface area (Å²) in [6.07, 6.45) is 4.90. The van der Waals surface area contributed by atoms with Crippen LogP contribution in [0.2, 0.25) is 0 Å². The summed E-state index contributed by atoms with van der Waals surface area (Å²) in [5.41, 5.74) is 0.736. The molecule has 1 N–H and O–H groups in total. The van der Waals surface area contributed by atoms with Crippen molar-refractivity contribution in [3.8, 4) is 0 Å². The number of aliphatic hydroxyl groups excluding tert-OH is 1. The van der Waals surface area contributed by atoms with Crippen LogP contribution in [-0.2, 0) is 0 Å². The largest absolute Gasteiger partial charge is 0.389 e. The normalized spacial score (nSPS) is 17.4. The molecule has 0 bridgehead atoms.